The summed E-state index contributed by atoms with van der Waals surface area (Å²) in [6, 6.07) is 7.20. The van der Waals surface area contributed by atoms with E-state index in [1.807, 2.05) is 12.1 Å². The minimum Gasteiger partial charge on any atom is -0.420 e. The third-order valence-corrected chi connectivity index (χ3v) is 3.75. The van der Waals surface area contributed by atoms with E-state index in [2.05, 4.69) is 15.9 Å². The Morgan fingerprint density at radius 1 is 1.38 bits per heavy atom. The van der Waals surface area contributed by atoms with E-state index in [1.165, 1.54) is 18.3 Å². The van der Waals surface area contributed by atoms with Crippen molar-refractivity contribution in [2.24, 2.45) is 0 Å². The van der Waals surface area contributed by atoms with Crippen molar-refractivity contribution in [3.05, 3.63) is 38.3 Å². The van der Waals surface area contributed by atoms with Crippen molar-refractivity contribution >= 4 is 43.3 Å². The van der Waals surface area contributed by atoms with Crippen LogP contribution in [0.25, 0.3) is 10.1 Å². The first-order valence-electron chi connectivity index (χ1n) is 4.49. The van der Waals surface area contributed by atoms with Crippen LogP contribution in [0.5, 0.6) is 5.75 Å². The molecule has 5 heteroatoms. The Morgan fingerprint density at radius 3 is 2.75 bits per heavy atom. The highest BCUT2D eigenvalue weighted by atomic mass is 79.9. The van der Waals surface area contributed by atoms with Gasteiger partial charge in [-0.3, -0.25) is 9.59 Å². The molecule has 1 heterocycles. The number of rotatable bonds is 1. The average Bonchev–Trinajstić information content (AvgIpc) is 2.24. The number of hydrogen-bond donors (Lipinski definition) is 0. The van der Waals surface area contributed by atoms with Crippen molar-refractivity contribution in [3.63, 3.8) is 0 Å². The lowest BCUT2D eigenvalue weighted by Gasteiger charge is -2.04. The fraction of sp³-hybridized carbons (Fsp3) is 0.0909. The molecule has 0 N–H and O–H groups in total. The second kappa shape index (κ2) is 4.35. The lowest BCUT2D eigenvalue weighted by atomic mass is 10.2. The van der Waals surface area contributed by atoms with Gasteiger partial charge in [0.05, 0.1) is 0 Å². The molecule has 1 aromatic carbocycles. The van der Waals surface area contributed by atoms with Gasteiger partial charge in [0.2, 0.25) is 11.2 Å². The van der Waals surface area contributed by atoms with E-state index >= 15 is 0 Å². The molecule has 2 rings (SSSR count). The van der Waals surface area contributed by atoms with Crippen LogP contribution >= 0.6 is 27.3 Å². The monoisotopic (exact) mass is 298 g/mol. The van der Waals surface area contributed by atoms with Crippen LogP contribution in [0.2, 0.25) is 0 Å². The fourth-order valence-electron chi connectivity index (χ4n) is 1.33. The average molecular weight is 299 g/mol. The van der Waals surface area contributed by atoms with Crippen molar-refractivity contribution in [1.29, 1.82) is 0 Å². The molecule has 0 fully saturated rings. The lowest BCUT2D eigenvalue weighted by molar-refractivity contribution is -0.131. The quantitative estimate of drug-likeness (QED) is 0.760. The van der Waals surface area contributed by atoms with Crippen LogP contribution in [-0.4, -0.2) is 5.97 Å². The zero-order valence-electron chi connectivity index (χ0n) is 8.32. The van der Waals surface area contributed by atoms with Crippen molar-refractivity contribution < 1.29 is 9.53 Å². The maximum atomic E-state index is 12.0. The van der Waals surface area contributed by atoms with Crippen LogP contribution in [0.1, 0.15) is 6.92 Å². The highest BCUT2D eigenvalue weighted by Gasteiger charge is 2.13. The molecule has 0 saturated heterocycles. The molecule has 16 heavy (non-hydrogen) atoms. The normalized spacial score (nSPS) is 10.4. The minimum atomic E-state index is -0.500. The first-order chi connectivity index (χ1) is 7.59. The van der Waals surface area contributed by atoms with Gasteiger partial charge in [0, 0.05) is 17.0 Å². The lowest BCUT2D eigenvalue weighted by Crippen LogP contribution is -2.11. The van der Waals surface area contributed by atoms with Gasteiger partial charge in [-0.2, -0.15) is 0 Å². The summed E-state index contributed by atoms with van der Waals surface area (Å²) in [6.07, 6.45) is 0. The van der Waals surface area contributed by atoms with Crippen LogP contribution in [0.3, 0.4) is 0 Å². The van der Waals surface area contributed by atoms with Gasteiger partial charge in [0.1, 0.15) is 3.79 Å². The Morgan fingerprint density at radius 2 is 2.06 bits per heavy atom. The molecular weight excluding hydrogens is 292 g/mol. The fourth-order valence-corrected chi connectivity index (χ4v) is 2.95. The Kier molecular flexibility index (Phi) is 3.07. The summed E-state index contributed by atoms with van der Waals surface area (Å²) in [5.74, 6) is -0.434. The topological polar surface area (TPSA) is 43.4 Å². The van der Waals surface area contributed by atoms with Gasteiger partial charge in [0.25, 0.3) is 0 Å². The molecule has 3 nitrogen and oxygen atoms in total. The van der Waals surface area contributed by atoms with Crippen molar-refractivity contribution in [1.82, 2.24) is 0 Å². The Balaban J connectivity index is 2.76. The van der Waals surface area contributed by atoms with Gasteiger partial charge >= 0.3 is 5.97 Å². The Labute approximate surface area is 104 Å². The zero-order chi connectivity index (χ0) is 11.7. The summed E-state index contributed by atoms with van der Waals surface area (Å²) < 4.78 is 6.29. The molecule has 0 aliphatic rings. The molecule has 0 radical (unpaired) electrons. The molecule has 0 bridgehead atoms. The third kappa shape index (κ3) is 2.01. The van der Waals surface area contributed by atoms with E-state index in [1.54, 1.807) is 12.1 Å². The molecule has 1 aromatic heterocycles. The van der Waals surface area contributed by atoms with Crippen LogP contribution in [0.15, 0.2) is 32.8 Å². The van der Waals surface area contributed by atoms with Crippen molar-refractivity contribution in [2.45, 2.75) is 6.92 Å². The van der Waals surface area contributed by atoms with Crippen LogP contribution in [-0.2, 0) is 4.79 Å². The molecule has 0 amide bonds. The molecule has 0 aliphatic heterocycles. The minimum absolute atomic E-state index is 0.0659. The summed E-state index contributed by atoms with van der Waals surface area (Å²) in [4.78, 5) is 22.9. The zero-order valence-corrected chi connectivity index (χ0v) is 10.7. The highest BCUT2D eigenvalue weighted by Crippen LogP contribution is 2.31. The molecule has 82 valence electrons. The first-order valence-corrected chi connectivity index (χ1v) is 6.10. The summed E-state index contributed by atoms with van der Waals surface area (Å²) in [5.41, 5.74) is -0.267. The number of halogens is 1. The number of carbonyl (C=O) groups excluding carboxylic acids is 1. The van der Waals surface area contributed by atoms with Gasteiger partial charge in [-0.1, -0.05) is 12.1 Å². The molecular formula is C11H7BrO3S. The smallest absolute Gasteiger partial charge is 0.308 e. The van der Waals surface area contributed by atoms with E-state index in [-0.39, 0.29) is 11.2 Å². The Hall–Kier alpha value is -1.20. The summed E-state index contributed by atoms with van der Waals surface area (Å²) in [5, 5.41) is 0.562. The number of carbonyl (C=O) groups is 1. The van der Waals surface area contributed by atoms with E-state index in [4.69, 9.17) is 4.74 Å². The molecule has 0 atom stereocenters. The standard InChI is InChI=1S/C11H7BrO3S/c1-6(13)15-10-9(14)7-4-2-3-5-8(7)16-11(10)12/h2-5H,1H3. The van der Waals surface area contributed by atoms with E-state index < -0.39 is 5.97 Å². The predicted octanol–water partition coefficient (Wildman–Crippen LogP) is 2.95. The molecule has 0 aliphatic carbocycles. The van der Waals surface area contributed by atoms with Crippen molar-refractivity contribution in [3.8, 4) is 5.75 Å². The number of benzene rings is 1. The molecule has 0 unspecified atom stereocenters. The summed E-state index contributed by atoms with van der Waals surface area (Å²) >= 11 is 4.60. The Bertz CT molecular complexity index is 618. The van der Waals surface area contributed by atoms with Gasteiger partial charge in [-0.15, -0.1) is 11.3 Å². The van der Waals surface area contributed by atoms with Crippen LogP contribution in [0, 0.1) is 0 Å². The number of fused-ring (bicyclic) bond motifs is 1. The second-order valence-electron chi connectivity index (χ2n) is 3.12. The van der Waals surface area contributed by atoms with E-state index in [0.29, 0.717) is 9.17 Å². The van der Waals surface area contributed by atoms with Gasteiger partial charge < -0.3 is 4.74 Å². The predicted molar refractivity (Wildman–Crippen MR) is 67.1 cm³/mol. The van der Waals surface area contributed by atoms with Crippen LogP contribution in [0.4, 0.5) is 0 Å². The van der Waals surface area contributed by atoms with E-state index in [0.717, 1.165) is 4.70 Å². The second-order valence-corrected chi connectivity index (χ2v) is 5.49. The summed E-state index contributed by atoms with van der Waals surface area (Å²) in [7, 11) is 0. The third-order valence-electron chi connectivity index (χ3n) is 1.96. The summed E-state index contributed by atoms with van der Waals surface area (Å²) in [6.45, 7) is 1.27. The number of esters is 1. The largest absolute Gasteiger partial charge is 0.420 e. The molecule has 0 spiro atoms. The number of hydrogen-bond acceptors (Lipinski definition) is 4. The molecule has 2 aromatic rings. The first kappa shape index (κ1) is 11.3. The number of ether oxygens (including phenoxy) is 1. The van der Waals surface area contributed by atoms with E-state index in [9.17, 15) is 9.59 Å². The van der Waals surface area contributed by atoms with Gasteiger partial charge in [0.15, 0.2) is 0 Å². The SMILES string of the molecule is CC(=O)Oc1c(Br)sc2ccccc2c1=O. The van der Waals surface area contributed by atoms with Gasteiger partial charge in [-0.05, 0) is 28.1 Å². The molecule has 0 saturated carbocycles. The van der Waals surface area contributed by atoms with Gasteiger partial charge in [-0.25, -0.2) is 0 Å². The van der Waals surface area contributed by atoms with Crippen LogP contribution < -0.4 is 10.2 Å². The highest BCUT2D eigenvalue weighted by molar-refractivity contribution is 9.11. The maximum absolute atomic E-state index is 12.0. The van der Waals surface area contributed by atoms with Crippen molar-refractivity contribution in [2.75, 3.05) is 0 Å². The maximum Gasteiger partial charge on any atom is 0.308 e.